The van der Waals surface area contributed by atoms with E-state index < -0.39 is 0 Å². The van der Waals surface area contributed by atoms with E-state index in [1.54, 1.807) is 23.1 Å². The van der Waals surface area contributed by atoms with Gasteiger partial charge in [-0.2, -0.15) is 0 Å². The summed E-state index contributed by atoms with van der Waals surface area (Å²) in [4.78, 5) is 37.2. The van der Waals surface area contributed by atoms with Gasteiger partial charge in [0.15, 0.2) is 0 Å². The fourth-order valence-corrected chi connectivity index (χ4v) is 3.90. The van der Waals surface area contributed by atoms with E-state index in [1.807, 2.05) is 42.5 Å². The number of carbonyl (C=O) groups is 3. The van der Waals surface area contributed by atoms with Crippen LogP contribution in [0.25, 0.3) is 6.08 Å². The molecule has 0 unspecified atom stereocenters. The number of thioether (sulfide) groups is 1. The van der Waals surface area contributed by atoms with Crippen molar-refractivity contribution in [3.63, 3.8) is 0 Å². The van der Waals surface area contributed by atoms with E-state index in [9.17, 15) is 14.4 Å². The fraction of sp³-hybridized carbons (Fsp3) is 0.227. The summed E-state index contributed by atoms with van der Waals surface area (Å²) in [7, 11) is 0. The maximum absolute atomic E-state index is 12.3. The summed E-state index contributed by atoms with van der Waals surface area (Å²) in [5.41, 5.74) is 0.813. The number of carbonyl (C=O) groups excluding carboxylic acids is 3. The minimum Gasteiger partial charge on any atom is -0.490 e. The van der Waals surface area contributed by atoms with Gasteiger partial charge in [0.25, 0.3) is 11.1 Å². The molecule has 30 heavy (non-hydrogen) atoms. The van der Waals surface area contributed by atoms with Crippen molar-refractivity contribution in [2.75, 3.05) is 13.1 Å². The second-order valence-electron chi connectivity index (χ2n) is 6.91. The van der Waals surface area contributed by atoms with Crippen molar-refractivity contribution in [3.8, 4) is 11.5 Å². The molecule has 4 rings (SSSR count). The zero-order chi connectivity index (χ0) is 20.9. The maximum Gasteiger partial charge on any atom is 0.415 e. The highest BCUT2D eigenvalue weighted by Crippen LogP contribution is 2.27. The molecule has 2 aromatic rings. The van der Waals surface area contributed by atoms with Gasteiger partial charge in [-0.05, 0) is 47.7 Å². The summed E-state index contributed by atoms with van der Waals surface area (Å²) in [6, 6.07) is 16.4. The SMILES string of the molecule is O=C1NC(=O)C(=Cc2ccc(OC3CCN(C(=O)Oc4ccccc4)CC3)cc2)S1. The van der Waals surface area contributed by atoms with E-state index in [4.69, 9.17) is 9.47 Å². The quantitative estimate of drug-likeness (QED) is 0.746. The molecule has 2 aliphatic rings. The third kappa shape index (κ3) is 5.01. The number of nitrogens with zero attached hydrogens (tertiary/aromatic N) is 1. The maximum atomic E-state index is 12.3. The third-order valence-corrected chi connectivity index (χ3v) is 5.58. The van der Waals surface area contributed by atoms with Gasteiger partial charge in [-0.1, -0.05) is 30.3 Å². The fourth-order valence-electron chi connectivity index (χ4n) is 3.22. The molecular formula is C22H20N2O5S. The molecule has 0 bridgehead atoms. The lowest BCUT2D eigenvalue weighted by molar-refractivity contribution is -0.115. The Bertz CT molecular complexity index is 967. The summed E-state index contributed by atoms with van der Waals surface area (Å²) < 4.78 is 11.4. The Hall–Kier alpha value is -3.26. The zero-order valence-electron chi connectivity index (χ0n) is 16.1. The van der Waals surface area contributed by atoms with Crippen molar-refractivity contribution in [1.82, 2.24) is 10.2 Å². The molecule has 2 heterocycles. The van der Waals surface area contributed by atoms with Crippen LogP contribution in [0, 0.1) is 0 Å². The van der Waals surface area contributed by atoms with Crippen molar-refractivity contribution in [3.05, 3.63) is 65.1 Å². The molecule has 0 atom stereocenters. The molecule has 3 amide bonds. The number of hydrogen-bond acceptors (Lipinski definition) is 6. The van der Waals surface area contributed by atoms with E-state index in [2.05, 4.69) is 5.32 Å². The topological polar surface area (TPSA) is 84.9 Å². The van der Waals surface area contributed by atoms with Gasteiger partial charge < -0.3 is 14.4 Å². The number of ether oxygens (including phenoxy) is 2. The van der Waals surface area contributed by atoms with Gasteiger partial charge in [0.1, 0.15) is 17.6 Å². The molecule has 154 valence electrons. The smallest absolute Gasteiger partial charge is 0.415 e. The number of para-hydroxylation sites is 1. The molecular weight excluding hydrogens is 404 g/mol. The lowest BCUT2D eigenvalue weighted by atomic mass is 10.1. The van der Waals surface area contributed by atoms with Crippen LogP contribution in [0.4, 0.5) is 9.59 Å². The largest absolute Gasteiger partial charge is 0.490 e. The number of rotatable bonds is 4. The van der Waals surface area contributed by atoms with Crippen LogP contribution >= 0.6 is 11.8 Å². The Morgan fingerprint density at radius 2 is 1.70 bits per heavy atom. The first-order valence-electron chi connectivity index (χ1n) is 9.60. The van der Waals surface area contributed by atoms with Crippen LogP contribution in [0.2, 0.25) is 0 Å². The number of imide groups is 1. The number of hydrogen-bond donors (Lipinski definition) is 1. The van der Waals surface area contributed by atoms with Crippen LogP contribution in [-0.4, -0.2) is 41.3 Å². The number of benzene rings is 2. The highest BCUT2D eigenvalue weighted by atomic mass is 32.2. The lowest BCUT2D eigenvalue weighted by Gasteiger charge is -2.31. The minimum atomic E-state index is -0.372. The Balaban J connectivity index is 1.27. The molecule has 0 aromatic heterocycles. The van der Waals surface area contributed by atoms with Gasteiger partial charge in [-0.3, -0.25) is 14.9 Å². The Labute approximate surface area is 178 Å². The number of amides is 3. The second-order valence-corrected chi connectivity index (χ2v) is 7.92. The van der Waals surface area contributed by atoms with E-state index in [0.29, 0.717) is 36.6 Å². The van der Waals surface area contributed by atoms with E-state index in [-0.39, 0.29) is 23.3 Å². The van der Waals surface area contributed by atoms with Crippen molar-refractivity contribution in [1.29, 1.82) is 0 Å². The van der Waals surface area contributed by atoms with Gasteiger partial charge in [0.05, 0.1) is 4.91 Å². The standard InChI is InChI=1S/C22H20N2O5S/c25-20-19(30-21(26)23-20)14-15-6-8-17(9-7-15)28-18-10-12-24(13-11-18)22(27)29-16-4-2-1-3-5-16/h1-9,14,18H,10-13H2,(H,23,25,26). The first-order valence-corrected chi connectivity index (χ1v) is 10.4. The van der Waals surface area contributed by atoms with Gasteiger partial charge in [-0.15, -0.1) is 0 Å². The van der Waals surface area contributed by atoms with Crippen LogP contribution in [0.5, 0.6) is 11.5 Å². The van der Waals surface area contributed by atoms with E-state index in [1.165, 1.54) is 0 Å². The molecule has 2 aliphatic heterocycles. The third-order valence-electron chi connectivity index (χ3n) is 4.77. The predicted octanol–water partition coefficient (Wildman–Crippen LogP) is 4.05. The zero-order valence-corrected chi connectivity index (χ0v) is 16.9. The van der Waals surface area contributed by atoms with Crippen LogP contribution < -0.4 is 14.8 Å². The van der Waals surface area contributed by atoms with E-state index >= 15 is 0 Å². The monoisotopic (exact) mass is 424 g/mol. The normalized spacial score (nSPS) is 18.4. The van der Waals surface area contributed by atoms with Gasteiger partial charge in [0.2, 0.25) is 0 Å². The van der Waals surface area contributed by atoms with Crippen LogP contribution in [-0.2, 0) is 4.79 Å². The highest BCUT2D eigenvalue weighted by Gasteiger charge is 2.26. The summed E-state index contributed by atoms with van der Waals surface area (Å²) >= 11 is 0.892. The number of nitrogens with one attached hydrogen (secondary N) is 1. The Morgan fingerprint density at radius 1 is 1.00 bits per heavy atom. The predicted molar refractivity (Wildman–Crippen MR) is 113 cm³/mol. The summed E-state index contributed by atoms with van der Waals surface area (Å²) in [6.07, 6.45) is 2.78. The number of piperidine rings is 1. The molecule has 0 radical (unpaired) electrons. The molecule has 0 spiro atoms. The molecule has 0 saturated carbocycles. The summed E-state index contributed by atoms with van der Waals surface area (Å²) in [6.45, 7) is 1.14. The Morgan fingerprint density at radius 3 is 2.33 bits per heavy atom. The van der Waals surface area contributed by atoms with Gasteiger partial charge in [-0.25, -0.2) is 4.79 Å². The van der Waals surface area contributed by atoms with Crippen molar-refractivity contribution >= 4 is 35.1 Å². The van der Waals surface area contributed by atoms with E-state index in [0.717, 1.165) is 23.1 Å². The van der Waals surface area contributed by atoms with Crippen molar-refractivity contribution in [2.45, 2.75) is 18.9 Å². The average Bonchev–Trinajstić information content (AvgIpc) is 3.07. The molecule has 2 aromatic carbocycles. The Kier molecular flexibility index (Phi) is 6.04. The van der Waals surface area contributed by atoms with Crippen LogP contribution in [0.15, 0.2) is 59.5 Å². The molecule has 8 heteroatoms. The van der Waals surface area contributed by atoms with Gasteiger partial charge in [0, 0.05) is 25.9 Å². The molecule has 2 fully saturated rings. The number of likely N-dealkylation sites (tertiary alicyclic amines) is 1. The van der Waals surface area contributed by atoms with Crippen molar-refractivity contribution in [2.24, 2.45) is 0 Å². The van der Waals surface area contributed by atoms with Crippen LogP contribution in [0.1, 0.15) is 18.4 Å². The van der Waals surface area contributed by atoms with Gasteiger partial charge >= 0.3 is 6.09 Å². The molecule has 7 nitrogen and oxygen atoms in total. The lowest BCUT2D eigenvalue weighted by Crippen LogP contribution is -2.43. The van der Waals surface area contributed by atoms with Crippen LogP contribution in [0.3, 0.4) is 0 Å². The first-order chi connectivity index (χ1) is 14.6. The van der Waals surface area contributed by atoms with Crippen molar-refractivity contribution < 1.29 is 23.9 Å². The summed E-state index contributed by atoms with van der Waals surface area (Å²) in [5, 5.41) is 1.88. The average molecular weight is 424 g/mol. The molecule has 1 N–H and O–H groups in total. The molecule has 0 aliphatic carbocycles. The highest BCUT2D eigenvalue weighted by molar-refractivity contribution is 8.18. The first kappa shape index (κ1) is 20.0. The molecule has 2 saturated heterocycles. The summed E-state index contributed by atoms with van der Waals surface area (Å²) in [5.74, 6) is 0.888. The minimum absolute atomic E-state index is 0.0174. The second kappa shape index (κ2) is 9.04.